The van der Waals surface area contributed by atoms with E-state index in [-0.39, 0.29) is 5.92 Å². The number of imidazole rings is 1. The van der Waals surface area contributed by atoms with Gasteiger partial charge in [0.15, 0.2) is 11.5 Å². The molecule has 2 saturated heterocycles. The van der Waals surface area contributed by atoms with E-state index in [9.17, 15) is 4.79 Å². The number of piperidine rings is 1. The van der Waals surface area contributed by atoms with Crippen molar-refractivity contribution in [2.24, 2.45) is 5.92 Å². The van der Waals surface area contributed by atoms with Gasteiger partial charge in [-0.1, -0.05) is 18.2 Å². The maximum atomic E-state index is 13.1. The molecule has 1 amide bonds. The van der Waals surface area contributed by atoms with E-state index in [2.05, 4.69) is 58.9 Å². The first kappa shape index (κ1) is 17.9. The number of carbonyl (C=O) groups is 1. The summed E-state index contributed by atoms with van der Waals surface area (Å²) in [7, 11) is 0. The molecule has 0 aliphatic carbocycles. The molecule has 1 aromatic carbocycles. The van der Waals surface area contributed by atoms with Crippen molar-refractivity contribution in [2.75, 3.05) is 49.1 Å². The predicted octanol–water partition coefficient (Wildman–Crippen LogP) is 1.92. The minimum Gasteiger partial charge on any atom is -0.368 e. The third-order valence-electron chi connectivity index (χ3n) is 6.06. The normalized spacial score (nSPS) is 18.4. The first-order valence-corrected chi connectivity index (χ1v) is 10.3. The first-order valence-electron chi connectivity index (χ1n) is 10.3. The summed E-state index contributed by atoms with van der Waals surface area (Å²) >= 11 is 0. The number of anilines is 2. The Balaban J connectivity index is 1.17. The molecule has 2 aliphatic heterocycles. The summed E-state index contributed by atoms with van der Waals surface area (Å²) in [6, 6.07) is 10.4. The van der Waals surface area contributed by atoms with Crippen LogP contribution in [0.25, 0.3) is 11.2 Å². The number of benzene rings is 1. The Labute approximate surface area is 169 Å². The molecule has 2 aromatic heterocycles. The molecule has 8 nitrogen and oxygen atoms in total. The van der Waals surface area contributed by atoms with Crippen molar-refractivity contribution in [3.8, 4) is 0 Å². The van der Waals surface area contributed by atoms with E-state index in [0.29, 0.717) is 11.6 Å². The van der Waals surface area contributed by atoms with Crippen LogP contribution in [0.1, 0.15) is 12.8 Å². The van der Waals surface area contributed by atoms with Crippen LogP contribution in [0.5, 0.6) is 0 Å². The highest BCUT2D eigenvalue weighted by Gasteiger charge is 2.31. The summed E-state index contributed by atoms with van der Waals surface area (Å²) in [6.07, 6.45) is 4.92. The van der Waals surface area contributed by atoms with Crippen LogP contribution >= 0.6 is 0 Å². The van der Waals surface area contributed by atoms with Crippen molar-refractivity contribution in [3.63, 3.8) is 0 Å². The molecule has 8 heteroatoms. The third-order valence-corrected chi connectivity index (χ3v) is 6.06. The van der Waals surface area contributed by atoms with Crippen LogP contribution < -0.4 is 9.80 Å². The lowest BCUT2D eigenvalue weighted by Crippen LogP contribution is -2.51. The Morgan fingerprint density at radius 2 is 1.66 bits per heavy atom. The van der Waals surface area contributed by atoms with Crippen LogP contribution in [0.3, 0.4) is 0 Å². The second kappa shape index (κ2) is 7.69. The lowest BCUT2D eigenvalue weighted by molar-refractivity contribution is -0.136. The summed E-state index contributed by atoms with van der Waals surface area (Å²) in [6.45, 7) is 5.04. The highest BCUT2D eigenvalue weighted by Crippen LogP contribution is 2.27. The van der Waals surface area contributed by atoms with Gasteiger partial charge in [-0.3, -0.25) is 4.79 Å². The number of piperazine rings is 1. The molecule has 2 fully saturated rings. The minimum atomic E-state index is 0.105. The van der Waals surface area contributed by atoms with Crippen LogP contribution in [0.15, 0.2) is 43.0 Å². The Kier molecular flexibility index (Phi) is 4.75. The van der Waals surface area contributed by atoms with Gasteiger partial charge < -0.3 is 19.7 Å². The number of nitrogens with one attached hydrogen (secondary N) is 1. The fourth-order valence-electron chi connectivity index (χ4n) is 4.41. The van der Waals surface area contributed by atoms with Gasteiger partial charge in [0.1, 0.15) is 11.8 Å². The molecule has 3 aromatic rings. The van der Waals surface area contributed by atoms with Crippen LogP contribution in [0, 0.1) is 5.92 Å². The van der Waals surface area contributed by atoms with Gasteiger partial charge >= 0.3 is 0 Å². The fraction of sp³-hybridized carbons (Fsp3) is 0.429. The second-order valence-electron chi connectivity index (χ2n) is 7.71. The summed E-state index contributed by atoms with van der Waals surface area (Å²) in [4.78, 5) is 35.7. The first-order chi connectivity index (χ1) is 14.3. The number of hydrogen-bond donors (Lipinski definition) is 1. The number of aromatic amines is 1. The number of rotatable bonds is 3. The van der Waals surface area contributed by atoms with E-state index in [4.69, 9.17) is 0 Å². The third kappa shape index (κ3) is 3.50. The van der Waals surface area contributed by atoms with E-state index in [1.807, 2.05) is 6.07 Å². The molecule has 150 valence electrons. The number of para-hydroxylation sites is 1. The topological polar surface area (TPSA) is 81.2 Å². The summed E-state index contributed by atoms with van der Waals surface area (Å²) in [5, 5.41) is 0. The Morgan fingerprint density at radius 3 is 2.41 bits per heavy atom. The van der Waals surface area contributed by atoms with Gasteiger partial charge in [0.05, 0.1) is 6.33 Å². The van der Waals surface area contributed by atoms with Crippen LogP contribution in [-0.4, -0.2) is 70.0 Å². The molecule has 0 bridgehead atoms. The number of nitrogens with zero attached hydrogens (tertiary/aromatic N) is 6. The summed E-state index contributed by atoms with van der Waals surface area (Å²) in [5.74, 6) is 1.30. The fourth-order valence-corrected chi connectivity index (χ4v) is 4.41. The Morgan fingerprint density at radius 1 is 0.897 bits per heavy atom. The van der Waals surface area contributed by atoms with Crippen LogP contribution in [0.4, 0.5) is 11.5 Å². The van der Waals surface area contributed by atoms with E-state index in [1.165, 1.54) is 5.69 Å². The van der Waals surface area contributed by atoms with E-state index in [0.717, 1.165) is 63.4 Å². The molecule has 29 heavy (non-hydrogen) atoms. The molecule has 4 heterocycles. The maximum absolute atomic E-state index is 13.1. The molecule has 1 N–H and O–H groups in total. The van der Waals surface area contributed by atoms with Crippen molar-refractivity contribution in [1.29, 1.82) is 0 Å². The van der Waals surface area contributed by atoms with Crippen molar-refractivity contribution >= 4 is 28.6 Å². The Bertz CT molecular complexity index is 973. The van der Waals surface area contributed by atoms with Gasteiger partial charge in [-0.2, -0.15) is 0 Å². The van der Waals surface area contributed by atoms with Gasteiger partial charge in [0.25, 0.3) is 0 Å². The Hall–Kier alpha value is -3.16. The van der Waals surface area contributed by atoms with Gasteiger partial charge in [0, 0.05) is 50.9 Å². The summed E-state index contributed by atoms with van der Waals surface area (Å²) in [5.41, 5.74) is 2.79. The minimum absolute atomic E-state index is 0.105. The monoisotopic (exact) mass is 391 g/mol. The largest absolute Gasteiger partial charge is 0.368 e. The van der Waals surface area contributed by atoms with Crippen molar-refractivity contribution in [3.05, 3.63) is 43.0 Å². The zero-order chi connectivity index (χ0) is 19.6. The quantitative estimate of drug-likeness (QED) is 0.735. The van der Waals surface area contributed by atoms with Crippen molar-refractivity contribution in [1.82, 2.24) is 24.8 Å². The van der Waals surface area contributed by atoms with Crippen LogP contribution in [-0.2, 0) is 4.79 Å². The molecule has 0 spiro atoms. The zero-order valence-electron chi connectivity index (χ0n) is 16.4. The SMILES string of the molecule is O=C(C1CCN(c2ncnc3nc[nH]c23)CC1)N1CCN(c2ccccc2)CC1. The molecule has 0 saturated carbocycles. The van der Waals surface area contributed by atoms with Crippen molar-refractivity contribution in [2.45, 2.75) is 12.8 Å². The average molecular weight is 391 g/mol. The maximum Gasteiger partial charge on any atom is 0.225 e. The lowest BCUT2D eigenvalue weighted by atomic mass is 9.95. The number of aromatic nitrogens is 4. The zero-order valence-corrected chi connectivity index (χ0v) is 16.4. The number of amides is 1. The standard InChI is InChI=1S/C21H25N7O/c29-21(28-12-10-26(11-13-28)17-4-2-1-3-5-17)16-6-8-27(9-7-16)20-18-19(23-14-22-18)24-15-25-20/h1-5,14-16H,6-13H2,(H,22,23,24,25). The number of hydrogen-bond acceptors (Lipinski definition) is 6. The number of carbonyl (C=O) groups excluding carboxylic acids is 1. The summed E-state index contributed by atoms with van der Waals surface area (Å²) < 4.78 is 0. The predicted molar refractivity (Wildman–Crippen MR) is 112 cm³/mol. The molecular weight excluding hydrogens is 366 g/mol. The number of fused-ring (bicyclic) bond motifs is 1. The van der Waals surface area contributed by atoms with E-state index >= 15 is 0 Å². The second-order valence-corrected chi connectivity index (χ2v) is 7.71. The van der Waals surface area contributed by atoms with Gasteiger partial charge in [-0.15, -0.1) is 0 Å². The molecule has 0 radical (unpaired) electrons. The smallest absolute Gasteiger partial charge is 0.225 e. The molecule has 2 aliphatic rings. The molecule has 0 atom stereocenters. The molecule has 5 rings (SSSR count). The van der Waals surface area contributed by atoms with Gasteiger partial charge in [0.2, 0.25) is 5.91 Å². The highest BCUT2D eigenvalue weighted by atomic mass is 16.2. The van der Waals surface area contributed by atoms with Crippen LogP contribution in [0.2, 0.25) is 0 Å². The van der Waals surface area contributed by atoms with E-state index in [1.54, 1.807) is 12.7 Å². The number of H-pyrrole nitrogens is 1. The average Bonchev–Trinajstić information content (AvgIpc) is 3.29. The van der Waals surface area contributed by atoms with E-state index < -0.39 is 0 Å². The van der Waals surface area contributed by atoms with Crippen molar-refractivity contribution < 1.29 is 4.79 Å². The molecule has 0 unspecified atom stereocenters. The molecular formula is C21H25N7O. The van der Waals surface area contributed by atoms with Gasteiger partial charge in [-0.25, -0.2) is 15.0 Å². The lowest BCUT2D eigenvalue weighted by Gasteiger charge is -2.39. The van der Waals surface area contributed by atoms with Gasteiger partial charge in [-0.05, 0) is 25.0 Å². The highest BCUT2D eigenvalue weighted by molar-refractivity contribution is 5.83.